The van der Waals surface area contributed by atoms with Gasteiger partial charge in [-0.3, -0.25) is 0 Å². The molecule has 0 aliphatic rings. The zero-order chi connectivity index (χ0) is 59.6. The first kappa shape index (κ1) is 11.7. The molecule has 10 aromatic carbocycles. The first-order valence-electron chi connectivity index (χ1n) is 30.2. The lowest BCUT2D eigenvalue weighted by molar-refractivity contribution is 0.669. The highest BCUT2D eigenvalue weighted by molar-refractivity contribution is 6.23. The average molecular weight is 677 g/mol. The molecular formula is C50H30O. The Morgan fingerprint density at radius 1 is 0.314 bits per heavy atom. The second-order valence-corrected chi connectivity index (χ2v) is 11.3. The Labute approximate surface area is 336 Å². The summed E-state index contributed by atoms with van der Waals surface area (Å²) < 4.78 is 279. The minimum absolute atomic E-state index is 0.385. The molecule has 0 N–H and O–H groups in total. The summed E-state index contributed by atoms with van der Waals surface area (Å²) in [4.78, 5) is 0. The van der Waals surface area contributed by atoms with Crippen molar-refractivity contribution < 1.29 is 45.5 Å². The van der Waals surface area contributed by atoms with Gasteiger partial charge >= 0.3 is 0 Å². The molecule has 1 aromatic heterocycles. The van der Waals surface area contributed by atoms with Crippen LogP contribution in [0.15, 0.2) is 186 Å². The van der Waals surface area contributed by atoms with Gasteiger partial charge in [0.15, 0.2) is 0 Å². The molecule has 0 aliphatic carbocycles. The van der Waals surface area contributed by atoms with Gasteiger partial charge in [0.1, 0.15) is 11.2 Å². The molecule has 0 aliphatic heterocycles. The van der Waals surface area contributed by atoms with Gasteiger partial charge in [-0.05, 0) is 123 Å². The molecule has 236 valence electrons. The monoisotopic (exact) mass is 676 g/mol. The molecular weight excluding hydrogens is 617 g/mol. The van der Waals surface area contributed by atoms with Gasteiger partial charge in [0.05, 0.1) is 41.1 Å². The van der Waals surface area contributed by atoms with Crippen molar-refractivity contribution in [2.75, 3.05) is 0 Å². The van der Waals surface area contributed by atoms with Crippen LogP contribution in [0.2, 0.25) is 0 Å². The van der Waals surface area contributed by atoms with E-state index in [1.54, 1.807) is 0 Å². The highest BCUT2D eigenvalue weighted by Crippen LogP contribution is 2.46. The van der Waals surface area contributed by atoms with E-state index in [-0.39, 0.29) is 5.39 Å². The van der Waals surface area contributed by atoms with Gasteiger partial charge in [-0.15, -0.1) is 0 Å². The second-order valence-electron chi connectivity index (χ2n) is 11.3. The first-order valence-corrected chi connectivity index (χ1v) is 15.2. The summed E-state index contributed by atoms with van der Waals surface area (Å²) in [7, 11) is 0. The molecule has 0 fully saturated rings. The molecule has 0 atom stereocenters. The first-order chi connectivity index (χ1) is 37.8. The van der Waals surface area contributed by atoms with Crippen LogP contribution in [0.1, 0.15) is 41.1 Å². The molecule has 1 heterocycles. The van der Waals surface area contributed by atoms with Crippen LogP contribution in [0.5, 0.6) is 0 Å². The van der Waals surface area contributed by atoms with Crippen molar-refractivity contribution in [3.63, 3.8) is 0 Å². The number of hydrogen-bond donors (Lipinski definition) is 0. The molecule has 51 heavy (non-hydrogen) atoms. The van der Waals surface area contributed by atoms with Crippen molar-refractivity contribution in [1.29, 1.82) is 0 Å². The number of benzene rings is 10. The minimum Gasteiger partial charge on any atom is -0.456 e. The molecule has 0 spiro atoms. The predicted octanol–water partition coefficient (Wildman–Crippen LogP) is 14.4. The largest absolute Gasteiger partial charge is 0.456 e. The Morgan fingerprint density at radius 3 is 1.57 bits per heavy atom. The summed E-state index contributed by atoms with van der Waals surface area (Å²) in [6.07, 6.45) is 0. The van der Waals surface area contributed by atoms with E-state index in [9.17, 15) is 17.8 Å². The second kappa shape index (κ2) is 10.9. The van der Waals surface area contributed by atoms with E-state index in [1.807, 2.05) is 0 Å². The lowest BCUT2D eigenvalue weighted by atomic mass is 9.84. The van der Waals surface area contributed by atoms with Gasteiger partial charge in [-0.1, -0.05) is 145 Å². The number of rotatable bonds is 3. The zero-order valence-corrected chi connectivity index (χ0v) is 25.4. The maximum absolute atomic E-state index is 10.2. The fourth-order valence-electron chi connectivity index (χ4n) is 6.35. The third-order valence-electron chi connectivity index (χ3n) is 8.51. The topological polar surface area (TPSA) is 13.1 Å². The summed E-state index contributed by atoms with van der Waals surface area (Å²) in [5, 5.41) is -7.83. The van der Waals surface area contributed by atoms with Gasteiger partial charge in [0.2, 0.25) is 0 Å². The number of fused-ring (bicyclic) bond motifs is 9. The van der Waals surface area contributed by atoms with Crippen LogP contribution in [0, 0.1) is 0 Å². The predicted molar refractivity (Wildman–Crippen MR) is 218 cm³/mol. The van der Waals surface area contributed by atoms with Crippen LogP contribution in [0.25, 0.3) is 109 Å². The fraction of sp³-hybridized carbons (Fsp3) is 0. The molecule has 0 radical (unpaired) electrons. The van der Waals surface area contributed by atoms with Crippen LogP contribution in [-0.2, 0) is 0 Å². The Balaban J connectivity index is 1.43. The molecule has 1 heteroatoms. The molecule has 0 saturated heterocycles. The maximum Gasteiger partial charge on any atom is 0.136 e. The fourth-order valence-corrected chi connectivity index (χ4v) is 6.35. The summed E-state index contributed by atoms with van der Waals surface area (Å²) in [6.45, 7) is 0. The SMILES string of the molecule is [2H]c1c([2H])c([2H])c2c([2H])c(-c3c4c([2H])c([2H])c([2H])c([2H])c4c(-c4c([2H])c(-c5c([2H])c([2H])c6c(oc7c([2H])c([2H])c8c([2H])c([2H])c([2H])c([2H])c8c76)c5[2H])c5c([2H])c([2H])c([2H])c([2H])c5c4[2H])c4c([2H])c([2H])c([2H])c([2H])c34)c([2H])c([2H])c2c1[2H]. The maximum atomic E-state index is 10.2. The van der Waals surface area contributed by atoms with E-state index in [0.29, 0.717) is 0 Å². The van der Waals surface area contributed by atoms with Crippen molar-refractivity contribution in [2.45, 2.75) is 0 Å². The third kappa shape index (κ3) is 4.28. The summed E-state index contributed by atoms with van der Waals surface area (Å²) in [6, 6.07) is -28.4. The van der Waals surface area contributed by atoms with Gasteiger partial charge in [-0.2, -0.15) is 0 Å². The summed E-state index contributed by atoms with van der Waals surface area (Å²) >= 11 is 0. The normalized spacial score (nSPS) is 20.2. The quantitative estimate of drug-likeness (QED) is 0.170. The van der Waals surface area contributed by atoms with Crippen LogP contribution < -0.4 is 0 Å². The molecule has 1 nitrogen and oxygen atoms in total. The smallest absolute Gasteiger partial charge is 0.136 e. The van der Waals surface area contributed by atoms with Crippen LogP contribution in [0.3, 0.4) is 0 Å². The van der Waals surface area contributed by atoms with E-state index in [4.69, 9.17) is 27.7 Å². The van der Waals surface area contributed by atoms with Crippen molar-refractivity contribution in [1.82, 2.24) is 0 Å². The number of furan rings is 1. The van der Waals surface area contributed by atoms with E-state index in [0.717, 1.165) is 0 Å². The average Bonchev–Trinajstić information content (AvgIpc) is 2.49. The lowest BCUT2D eigenvalue weighted by Crippen LogP contribution is -1.92. The number of hydrogen-bond acceptors (Lipinski definition) is 1. The van der Waals surface area contributed by atoms with E-state index >= 15 is 0 Å². The Morgan fingerprint density at radius 2 is 0.843 bits per heavy atom. The van der Waals surface area contributed by atoms with Crippen molar-refractivity contribution >= 4 is 75.8 Å². The van der Waals surface area contributed by atoms with Gasteiger partial charge < -0.3 is 4.42 Å². The summed E-state index contributed by atoms with van der Waals surface area (Å²) in [5.74, 6) is 0. The Hall–Kier alpha value is -6.70. The van der Waals surface area contributed by atoms with Crippen molar-refractivity contribution in [3.8, 4) is 33.4 Å². The van der Waals surface area contributed by atoms with Crippen LogP contribution in [-0.4, -0.2) is 0 Å². The summed E-state index contributed by atoms with van der Waals surface area (Å²) in [5.41, 5.74) is -6.35. The highest BCUT2D eigenvalue weighted by Gasteiger charge is 2.19. The van der Waals surface area contributed by atoms with E-state index in [1.165, 1.54) is 0 Å². The van der Waals surface area contributed by atoms with E-state index in [2.05, 4.69) is 0 Å². The lowest BCUT2D eigenvalue weighted by Gasteiger charge is -2.19. The van der Waals surface area contributed by atoms with Gasteiger partial charge in [0, 0.05) is 10.8 Å². The van der Waals surface area contributed by atoms with Gasteiger partial charge in [0.25, 0.3) is 0 Å². The third-order valence-corrected chi connectivity index (χ3v) is 8.51. The molecule has 0 bridgehead atoms. The van der Waals surface area contributed by atoms with Crippen molar-refractivity contribution in [3.05, 3.63) is 181 Å². The standard InChI is InChI=1S/C50H30O/c1-2-13-33-27-36(22-21-31(33)11-1)48-40-17-7-9-19-42(40)49(43-20-10-8-18-41(43)48)37-28-34-14-4-5-15-38(34)45(29-37)35-23-25-44-47(30-35)51-46-26-24-32-12-3-6-16-39(32)50(44)46/h1-30H/i1D,2D,3D,4D,5D,6D,7D,8D,9D,10D,11D,12D,13D,14D,15D,16D,17D,18D,19D,20D,21D,22D,23D,24D,25D,26D,27D,28D,29D,30D. The van der Waals surface area contributed by atoms with Crippen LogP contribution in [0.4, 0.5) is 0 Å². The zero-order valence-electron chi connectivity index (χ0n) is 55.4. The molecule has 0 saturated carbocycles. The molecule has 11 rings (SSSR count). The van der Waals surface area contributed by atoms with Gasteiger partial charge in [-0.25, -0.2) is 0 Å². The minimum atomic E-state index is -1.13. The van der Waals surface area contributed by atoms with Crippen LogP contribution >= 0.6 is 0 Å². The molecule has 11 aromatic rings. The molecule has 0 unspecified atom stereocenters. The Bertz CT molecular complexity index is 4850. The van der Waals surface area contributed by atoms with Crippen molar-refractivity contribution in [2.24, 2.45) is 0 Å². The molecule has 0 amide bonds. The Kier molecular flexibility index (Phi) is 2.50. The highest BCUT2D eigenvalue weighted by atomic mass is 16.3. The van der Waals surface area contributed by atoms with E-state index < -0.39 is 285 Å².